The number of fused-ring (bicyclic) bond motifs is 1. The Morgan fingerprint density at radius 1 is 1.13 bits per heavy atom. The Morgan fingerprint density at radius 3 is 2.61 bits per heavy atom. The summed E-state index contributed by atoms with van der Waals surface area (Å²) in [5.74, 6) is -0.734. The zero-order valence-corrected chi connectivity index (χ0v) is 18.3. The van der Waals surface area contributed by atoms with Gasteiger partial charge in [-0.1, -0.05) is 35.9 Å². The number of amides is 2. The summed E-state index contributed by atoms with van der Waals surface area (Å²) >= 11 is 0. The summed E-state index contributed by atoms with van der Waals surface area (Å²) in [4.78, 5) is 26.0. The first-order chi connectivity index (χ1) is 15.0. The van der Waals surface area contributed by atoms with Gasteiger partial charge in [-0.15, -0.1) is 0 Å². The minimum absolute atomic E-state index is 0.0430. The van der Waals surface area contributed by atoms with Crippen LogP contribution in [0.5, 0.6) is 0 Å². The summed E-state index contributed by atoms with van der Waals surface area (Å²) in [5, 5.41) is 3.00. The Morgan fingerprint density at radius 2 is 1.87 bits per heavy atom. The molecule has 0 spiro atoms. The van der Waals surface area contributed by atoms with E-state index in [-0.39, 0.29) is 11.8 Å². The minimum atomic E-state index is -0.867. The van der Waals surface area contributed by atoms with Gasteiger partial charge >= 0.3 is 0 Å². The monoisotopic (exact) mass is 422 g/mol. The molecule has 0 unspecified atom stereocenters. The molecular weight excluding hydrogens is 392 g/mol. The van der Waals surface area contributed by atoms with E-state index in [2.05, 4.69) is 36.5 Å². The fourth-order valence-corrected chi connectivity index (χ4v) is 4.28. The van der Waals surface area contributed by atoms with Crippen LogP contribution in [0.4, 0.5) is 5.69 Å². The molecule has 1 fully saturated rings. The molecule has 6 heteroatoms. The van der Waals surface area contributed by atoms with Gasteiger partial charge in [0.2, 0.25) is 11.8 Å². The maximum absolute atomic E-state index is 12.3. The summed E-state index contributed by atoms with van der Waals surface area (Å²) < 4.78 is 12.0. The Kier molecular flexibility index (Phi) is 6.39. The van der Waals surface area contributed by atoms with Crippen molar-refractivity contribution in [1.82, 2.24) is 5.32 Å². The fraction of sp³-hybridized carbons (Fsp3) is 0.440. The number of likely N-dealkylation sites (N-methyl/N-ethyl adjacent to an activating group) is 1. The van der Waals surface area contributed by atoms with Crippen LogP contribution < -0.4 is 10.2 Å². The summed E-state index contributed by atoms with van der Waals surface area (Å²) in [7, 11) is 1.79. The Hall–Kier alpha value is -2.70. The van der Waals surface area contributed by atoms with Gasteiger partial charge in [-0.3, -0.25) is 9.59 Å². The fourth-order valence-electron chi connectivity index (χ4n) is 4.28. The van der Waals surface area contributed by atoms with Gasteiger partial charge < -0.3 is 19.7 Å². The number of hydrogen-bond acceptors (Lipinski definition) is 4. The van der Waals surface area contributed by atoms with Crippen molar-refractivity contribution in [2.24, 2.45) is 0 Å². The van der Waals surface area contributed by atoms with Gasteiger partial charge in [-0.05, 0) is 43.0 Å². The zero-order valence-electron chi connectivity index (χ0n) is 18.3. The lowest BCUT2D eigenvalue weighted by Crippen LogP contribution is -2.34. The lowest BCUT2D eigenvalue weighted by atomic mass is 9.98. The first kappa shape index (κ1) is 21.5. The molecule has 6 nitrogen and oxygen atoms in total. The van der Waals surface area contributed by atoms with Crippen molar-refractivity contribution in [2.45, 2.75) is 44.8 Å². The normalized spacial score (nSPS) is 17.1. The van der Waals surface area contributed by atoms with Crippen LogP contribution in [0.25, 0.3) is 0 Å². The van der Waals surface area contributed by atoms with E-state index in [1.807, 2.05) is 18.2 Å². The molecule has 0 atom stereocenters. The first-order valence-corrected chi connectivity index (χ1v) is 11.0. The topological polar surface area (TPSA) is 67.9 Å². The van der Waals surface area contributed by atoms with Crippen molar-refractivity contribution < 1.29 is 19.1 Å². The number of anilines is 1. The molecule has 0 aromatic heterocycles. The second-order valence-corrected chi connectivity index (χ2v) is 8.36. The number of carbonyl (C=O) groups excluding carboxylic acids is 2. The molecule has 164 valence electrons. The number of benzene rings is 2. The summed E-state index contributed by atoms with van der Waals surface area (Å²) in [5.41, 5.74) is 5.33. The Labute approximate surface area is 183 Å². The van der Waals surface area contributed by atoms with Crippen molar-refractivity contribution in [3.8, 4) is 0 Å². The molecule has 2 aliphatic heterocycles. The molecule has 2 heterocycles. The quantitative estimate of drug-likeness (QED) is 0.709. The molecule has 0 saturated carbocycles. The largest absolute Gasteiger partial charge is 0.356 e. The van der Waals surface area contributed by atoms with Gasteiger partial charge in [0.1, 0.15) is 0 Å². The number of nitrogens with zero attached hydrogens (tertiary/aromatic N) is 1. The molecule has 1 N–H and O–H groups in total. The van der Waals surface area contributed by atoms with Gasteiger partial charge in [0.05, 0.1) is 19.6 Å². The number of aryl methyl sites for hydroxylation is 2. The molecular formula is C25H30N2O4. The standard InChI is InChI=1S/C25H30N2O4/c1-18-6-8-19(9-7-18)4-3-5-23(28)26-13-12-25(30-14-15-31-25)21-10-11-22-20(16-21)17-24(29)27(22)2/h6-11,16H,3-5,12-15,17H2,1-2H3,(H,26,28). The molecule has 2 aromatic rings. The van der Waals surface area contributed by atoms with E-state index in [1.54, 1.807) is 11.9 Å². The van der Waals surface area contributed by atoms with Crippen LogP contribution in [-0.4, -0.2) is 38.6 Å². The van der Waals surface area contributed by atoms with Gasteiger partial charge in [0.15, 0.2) is 5.79 Å². The van der Waals surface area contributed by atoms with Crippen LogP contribution in [0.1, 0.15) is 41.5 Å². The van der Waals surface area contributed by atoms with E-state index in [4.69, 9.17) is 9.47 Å². The summed E-state index contributed by atoms with van der Waals surface area (Å²) in [6, 6.07) is 14.4. The molecule has 31 heavy (non-hydrogen) atoms. The average molecular weight is 423 g/mol. The zero-order chi connectivity index (χ0) is 21.8. The van der Waals surface area contributed by atoms with Crippen LogP contribution in [0.2, 0.25) is 0 Å². The molecule has 4 rings (SSSR count). The van der Waals surface area contributed by atoms with Crippen molar-refractivity contribution >= 4 is 17.5 Å². The third-order valence-electron chi connectivity index (χ3n) is 6.12. The minimum Gasteiger partial charge on any atom is -0.356 e. The highest BCUT2D eigenvalue weighted by atomic mass is 16.7. The Bertz CT molecular complexity index is 948. The van der Waals surface area contributed by atoms with E-state index in [0.717, 1.165) is 29.7 Å². The smallest absolute Gasteiger partial charge is 0.231 e. The van der Waals surface area contributed by atoms with E-state index >= 15 is 0 Å². The molecule has 0 radical (unpaired) electrons. The predicted molar refractivity (Wildman–Crippen MR) is 119 cm³/mol. The van der Waals surface area contributed by atoms with Crippen LogP contribution in [-0.2, 0) is 37.7 Å². The maximum atomic E-state index is 12.3. The number of rotatable bonds is 8. The van der Waals surface area contributed by atoms with Crippen LogP contribution in [0.3, 0.4) is 0 Å². The molecule has 0 bridgehead atoms. The number of carbonyl (C=O) groups is 2. The number of nitrogens with one attached hydrogen (secondary N) is 1. The SMILES string of the molecule is Cc1ccc(CCCC(=O)NCCC2(c3ccc4c(c3)CC(=O)N4C)OCCO2)cc1. The highest BCUT2D eigenvalue weighted by molar-refractivity contribution is 6.00. The molecule has 2 aliphatic rings. The predicted octanol–water partition coefficient (Wildman–Crippen LogP) is 3.24. The highest BCUT2D eigenvalue weighted by Crippen LogP contribution is 2.38. The third kappa shape index (κ3) is 4.81. The second-order valence-electron chi connectivity index (χ2n) is 8.36. The van der Waals surface area contributed by atoms with Gasteiger partial charge in [0, 0.05) is 37.7 Å². The van der Waals surface area contributed by atoms with Crippen molar-refractivity contribution in [1.29, 1.82) is 0 Å². The van der Waals surface area contributed by atoms with E-state index < -0.39 is 5.79 Å². The lowest BCUT2D eigenvalue weighted by molar-refractivity contribution is -0.170. The van der Waals surface area contributed by atoms with Crippen LogP contribution in [0, 0.1) is 6.92 Å². The maximum Gasteiger partial charge on any atom is 0.231 e. The molecule has 0 aliphatic carbocycles. The van der Waals surface area contributed by atoms with E-state index in [9.17, 15) is 9.59 Å². The average Bonchev–Trinajstić information content (AvgIpc) is 3.35. The number of hydrogen-bond donors (Lipinski definition) is 1. The Balaban J connectivity index is 1.30. The van der Waals surface area contributed by atoms with Gasteiger partial charge in [-0.2, -0.15) is 0 Å². The molecule has 2 aromatic carbocycles. The highest BCUT2D eigenvalue weighted by Gasteiger charge is 2.39. The van der Waals surface area contributed by atoms with Crippen LogP contribution in [0.15, 0.2) is 42.5 Å². The summed E-state index contributed by atoms with van der Waals surface area (Å²) in [6.07, 6.45) is 3.13. The van der Waals surface area contributed by atoms with Crippen LogP contribution >= 0.6 is 0 Å². The molecule has 1 saturated heterocycles. The summed E-state index contributed by atoms with van der Waals surface area (Å²) in [6.45, 7) is 3.57. The van der Waals surface area contributed by atoms with Gasteiger partial charge in [-0.25, -0.2) is 0 Å². The third-order valence-corrected chi connectivity index (χ3v) is 6.12. The van der Waals surface area contributed by atoms with E-state index in [0.29, 0.717) is 39.0 Å². The first-order valence-electron chi connectivity index (χ1n) is 11.0. The number of ether oxygens (including phenoxy) is 2. The van der Waals surface area contributed by atoms with E-state index in [1.165, 1.54) is 11.1 Å². The molecule has 2 amide bonds. The second kappa shape index (κ2) is 9.20. The lowest BCUT2D eigenvalue weighted by Gasteiger charge is -2.28. The van der Waals surface area contributed by atoms with Gasteiger partial charge in [0.25, 0.3) is 0 Å². The van der Waals surface area contributed by atoms with Crippen molar-refractivity contribution in [2.75, 3.05) is 31.7 Å². The van der Waals surface area contributed by atoms with Crippen molar-refractivity contribution in [3.05, 3.63) is 64.7 Å². The van der Waals surface area contributed by atoms with Crippen molar-refractivity contribution in [3.63, 3.8) is 0 Å².